The third-order valence-electron chi connectivity index (χ3n) is 4.22. The number of aromatic nitrogens is 5. The summed E-state index contributed by atoms with van der Waals surface area (Å²) in [6, 6.07) is 11.0. The van der Waals surface area contributed by atoms with Crippen LogP contribution in [0.15, 0.2) is 42.7 Å². The number of nitrogens with one attached hydrogen (secondary N) is 1. The van der Waals surface area contributed by atoms with Crippen molar-refractivity contribution < 1.29 is 14.6 Å². The van der Waals surface area contributed by atoms with Crippen LogP contribution in [0.1, 0.15) is 5.82 Å². The highest BCUT2D eigenvalue weighted by atomic mass is 16.5. The molecule has 0 atom stereocenters. The molecule has 9 heteroatoms. The van der Waals surface area contributed by atoms with E-state index in [-0.39, 0.29) is 17.2 Å². The number of rotatable bonds is 5. The van der Waals surface area contributed by atoms with Gasteiger partial charge in [-0.15, -0.1) is 0 Å². The summed E-state index contributed by atoms with van der Waals surface area (Å²) in [5, 5.41) is 13.1. The number of ether oxygens (including phenoxy) is 2. The number of nitrogens with zero attached hydrogens (tertiary/aromatic N) is 5. The average Bonchev–Trinajstić information content (AvgIpc) is 3.05. The lowest BCUT2D eigenvalue weighted by molar-refractivity contribution is 0.340. The number of phenolic OH excluding ortho intramolecular Hbond substituents is 1. The molecule has 0 amide bonds. The molecule has 0 aliphatic carbocycles. The van der Waals surface area contributed by atoms with Crippen LogP contribution in [0.3, 0.4) is 0 Å². The summed E-state index contributed by atoms with van der Waals surface area (Å²) in [7, 11) is 2.93. The average molecular weight is 378 g/mol. The quantitative estimate of drug-likeness (QED) is 0.511. The Morgan fingerprint density at radius 2 is 1.71 bits per heavy atom. The summed E-state index contributed by atoms with van der Waals surface area (Å²) < 4.78 is 12.2. The lowest BCUT2D eigenvalue weighted by Crippen LogP contribution is -2.07. The summed E-state index contributed by atoms with van der Waals surface area (Å²) in [6.07, 6.45) is 1.42. The van der Waals surface area contributed by atoms with Gasteiger partial charge in [0.05, 0.1) is 25.3 Å². The largest absolute Gasteiger partial charge is 0.502 e. The predicted octanol–water partition coefficient (Wildman–Crippen LogP) is 2.99. The van der Waals surface area contributed by atoms with E-state index in [1.807, 2.05) is 35.8 Å². The smallest absolute Gasteiger partial charge is 0.240 e. The zero-order valence-corrected chi connectivity index (χ0v) is 15.5. The molecule has 0 spiro atoms. The molecule has 4 aromatic rings. The number of para-hydroxylation sites is 2. The maximum absolute atomic E-state index is 10.1. The van der Waals surface area contributed by atoms with Gasteiger partial charge >= 0.3 is 0 Å². The summed E-state index contributed by atoms with van der Waals surface area (Å²) in [5.74, 6) is 2.01. The van der Waals surface area contributed by atoms with E-state index in [9.17, 15) is 5.11 Å². The zero-order chi connectivity index (χ0) is 19.7. The molecule has 2 heterocycles. The number of methoxy groups -OCH3 is 2. The topological polar surface area (TPSA) is 107 Å². The SMILES string of the molecule is COc1cc(Nc2ncnc(-n3c(C)nc4ccccc43)n2)cc(OC)c1O. The molecule has 142 valence electrons. The van der Waals surface area contributed by atoms with Crippen LogP contribution in [0, 0.1) is 6.92 Å². The number of benzene rings is 2. The maximum atomic E-state index is 10.1. The van der Waals surface area contributed by atoms with E-state index >= 15 is 0 Å². The molecule has 4 rings (SSSR count). The Hall–Kier alpha value is -3.88. The third kappa shape index (κ3) is 3.02. The molecule has 0 unspecified atom stereocenters. The third-order valence-corrected chi connectivity index (χ3v) is 4.22. The van der Waals surface area contributed by atoms with E-state index in [2.05, 4.69) is 25.3 Å². The maximum Gasteiger partial charge on any atom is 0.240 e. The number of imidazole rings is 1. The molecule has 0 bridgehead atoms. The van der Waals surface area contributed by atoms with Gasteiger partial charge in [-0.25, -0.2) is 15.0 Å². The normalized spacial score (nSPS) is 10.8. The molecular formula is C19H18N6O3. The minimum atomic E-state index is -0.0765. The van der Waals surface area contributed by atoms with Crippen molar-refractivity contribution >= 4 is 22.7 Å². The molecule has 0 saturated heterocycles. The van der Waals surface area contributed by atoms with Crippen LogP contribution >= 0.6 is 0 Å². The van der Waals surface area contributed by atoms with Gasteiger partial charge in [-0.05, 0) is 19.1 Å². The molecular weight excluding hydrogens is 360 g/mol. The van der Waals surface area contributed by atoms with Crippen LogP contribution < -0.4 is 14.8 Å². The Bertz CT molecular complexity index is 1130. The summed E-state index contributed by atoms with van der Waals surface area (Å²) >= 11 is 0. The van der Waals surface area contributed by atoms with Gasteiger partial charge in [0.25, 0.3) is 0 Å². The lowest BCUT2D eigenvalue weighted by atomic mass is 10.2. The van der Waals surface area contributed by atoms with Crippen LogP contribution in [0.2, 0.25) is 0 Å². The molecule has 0 aliphatic rings. The molecule has 0 radical (unpaired) electrons. The van der Waals surface area contributed by atoms with Gasteiger partial charge in [0, 0.05) is 17.8 Å². The Morgan fingerprint density at radius 3 is 2.43 bits per heavy atom. The Labute approximate surface area is 160 Å². The first kappa shape index (κ1) is 17.5. The monoisotopic (exact) mass is 378 g/mol. The second kappa shape index (κ2) is 7.03. The molecule has 0 fully saturated rings. The van der Waals surface area contributed by atoms with Crippen molar-refractivity contribution in [1.82, 2.24) is 24.5 Å². The molecule has 2 aromatic carbocycles. The Kier molecular flexibility index (Phi) is 4.40. The van der Waals surface area contributed by atoms with Crippen LogP contribution in [0.5, 0.6) is 17.2 Å². The fourth-order valence-corrected chi connectivity index (χ4v) is 2.95. The fourth-order valence-electron chi connectivity index (χ4n) is 2.95. The van der Waals surface area contributed by atoms with Crippen molar-refractivity contribution in [2.24, 2.45) is 0 Å². The predicted molar refractivity (Wildman–Crippen MR) is 104 cm³/mol. The molecule has 2 N–H and O–H groups in total. The van der Waals surface area contributed by atoms with E-state index in [0.29, 0.717) is 17.6 Å². The first-order valence-corrected chi connectivity index (χ1v) is 8.46. The number of aromatic hydroxyl groups is 1. The molecule has 28 heavy (non-hydrogen) atoms. The van der Waals surface area contributed by atoms with Crippen molar-refractivity contribution in [3.63, 3.8) is 0 Å². The van der Waals surface area contributed by atoms with Gasteiger partial charge in [0.1, 0.15) is 12.2 Å². The van der Waals surface area contributed by atoms with Crippen molar-refractivity contribution in [3.8, 4) is 23.2 Å². The second-order valence-corrected chi connectivity index (χ2v) is 5.95. The summed E-state index contributed by atoms with van der Waals surface area (Å²) in [6.45, 7) is 1.90. The second-order valence-electron chi connectivity index (χ2n) is 5.95. The van der Waals surface area contributed by atoms with Gasteiger partial charge in [-0.1, -0.05) is 12.1 Å². The number of aryl methyl sites for hydroxylation is 1. The number of hydrogen-bond acceptors (Lipinski definition) is 8. The summed E-state index contributed by atoms with van der Waals surface area (Å²) in [4.78, 5) is 17.5. The van der Waals surface area contributed by atoms with Crippen molar-refractivity contribution in [1.29, 1.82) is 0 Å². The van der Waals surface area contributed by atoms with Gasteiger partial charge < -0.3 is 19.9 Å². The van der Waals surface area contributed by atoms with Crippen LogP contribution in [0.25, 0.3) is 17.0 Å². The van der Waals surface area contributed by atoms with E-state index < -0.39 is 0 Å². The van der Waals surface area contributed by atoms with Gasteiger partial charge in [0.2, 0.25) is 17.6 Å². The highest BCUT2D eigenvalue weighted by Gasteiger charge is 2.14. The van der Waals surface area contributed by atoms with Crippen LogP contribution in [-0.2, 0) is 0 Å². The van der Waals surface area contributed by atoms with Crippen molar-refractivity contribution in [2.45, 2.75) is 6.92 Å². The van der Waals surface area contributed by atoms with E-state index in [1.165, 1.54) is 20.5 Å². The van der Waals surface area contributed by atoms with Crippen molar-refractivity contribution in [3.05, 3.63) is 48.5 Å². The zero-order valence-electron chi connectivity index (χ0n) is 15.5. The number of fused-ring (bicyclic) bond motifs is 1. The van der Waals surface area contributed by atoms with Gasteiger partial charge in [-0.2, -0.15) is 4.98 Å². The van der Waals surface area contributed by atoms with Gasteiger partial charge in [-0.3, -0.25) is 4.57 Å². The first-order valence-electron chi connectivity index (χ1n) is 8.46. The molecule has 9 nitrogen and oxygen atoms in total. The highest BCUT2D eigenvalue weighted by molar-refractivity contribution is 5.77. The molecule has 0 saturated carbocycles. The van der Waals surface area contributed by atoms with E-state index in [4.69, 9.17) is 9.47 Å². The standard InChI is InChI=1S/C19H18N6O3/c1-11-22-13-6-4-5-7-14(13)25(11)19-21-10-20-18(24-19)23-12-8-15(27-2)17(26)16(9-12)28-3/h4-10,26H,1-3H3,(H,20,21,23,24). The van der Waals surface area contributed by atoms with Crippen LogP contribution in [0.4, 0.5) is 11.6 Å². The fraction of sp³-hybridized carbons (Fsp3) is 0.158. The Balaban J connectivity index is 1.73. The first-order chi connectivity index (χ1) is 13.6. The lowest BCUT2D eigenvalue weighted by Gasteiger charge is -2.12. The number of hydrogen-bond donors (Lipinski definition) is 2. The number of anilines is 2. The van der Waals surface area contributed by atoms with E-state index in [0.717, 1.165) is 16.9 Å². The van der Waals surface area contributed by atoms with Gasteiger partial charge in [0.15, 0.2) is 11.5 Å². The van der Waals surface area contributed by atoms with Crippen molar-refractivity contribution in [2.75, 3.05) is 19.5 Å². The van der Waals surface area contributed by atoms with Crippen LogP contribution in [-0.4, -0.2) is 43.8 Å². The number of phenols is 1. The van der Waals surface area contributed by atoms with E-state index in [1.54, 1.807) is 12.1 Å². The highest BCUT2D eigenvalue weighted by Crippen LogP contribution is 2.39. The minimum absolute atomic E-state index is 0.0765. The molecule has 0 aliphatic heterocycles. The summed E-state index contributed by atoms with van der Waals surface area (Å²) in [5.41, 5.74) is 2.36. The molecule has 2 aromatic heterocycles. The minimum Gasteiger partial charge on any atom is -0.502 e. The Morgan fingerprint density at radius 1 is 1.00 bits per heavy atom.